The van der Waals surface area contributed by atoms with E-state index in [1.165, 1.54) is 4.90 Å². The van der Waals surface area contributed by atoms with Crippen LogP contribution < -0.4 is 5.32 Å². The fraction of sp³-hybridized carbons (Fsp3) is 0.778. The number of nitrogens with zero attached hydrogens (tertiary/aromatic N) is 2. The lowest BCUT2D eigenvalue weighted by Crippen LogP contribution is -2.91. The predicted molar refractivity (Wildman–Crippen MR) is 49.5 cm³/mol. The van der Waals surface area contributed by atoms with Crippen molar-refractivity contribution < 1.29 is 14.9 Å². The molecule has 3 amide bonds. The lowest BCUT2D eigenvalue weighted by molar-refractivity contribution is -0.665. The van der Waals surface area contributed by atoms with Crippen molar-refractivity contribution in [1.82, 2.24) is 9.80 Å². The lowest BCUT2D eigenvalue weighted by atomic mass is 10.2. The summed E-state index contributed by atoms with van der Waals surface area (Å²) >= 11 is 0. The average Bonchev–Trinajstić information content (AvgIpc) is 2.41. The summed E-state index contributed by atoms with van der Waals surface area (Å²) in [6.07, 6.45) is 0. The third-order valence-corrected chi connectivity index (χ3v) is 2.83. The number of nitrogens with two attached hydrogens (primary N) is 1. The van der Waals surface area contributed by atoms with Gasteiger partial charge >= 0.3 is 6.03 Å². The number of imide groups is 1. The number of carbonyl (C=O) groups excluding carboxylic acids is 2. The number of hydrogen-bond donors (Lipinski definition) is 1. The highest BCUT2D eigenvalue weighted by Gasteiger charge is 2.48. The zero-order chi connectivity index (χ0) is 10.3. The highest BCUT2D eigenvalue weighted by Crippen LogP contribution is 2.19. The summed E-state index contributed by atoms with van der Waals surface area (Å²) in [4.78, 5) is 26.7. The Balaban J connectivity index is 2.24. The first-order valence-corrected chi connectivity index (χ1v) is 5.08. The summed E-state index contributed by atoms with van der Waals surface area (Å²) in [5.74, 6) is -0.0269. The van der Waals surface area contributed by atoms with Crippen LogP contribution in [-0.4, -0.2) is 53.5 Å². The average molecular weight is 198 g/mol. The Labute approximate surface area is 83.0 Å². The van der Waals surface area contributed by atoms with Gasteiger partial charge in [-0.2, -0.15) is 0 Å². The molecule has 2 aliphatic heterocycles. The van der Waals surface area contributed by atoms with Gasteiger partial charge in [0.2, 0.25) is 0 Å². The highest BCUT2D eigenvalue weighted by molar-refractivity contribution is 6.04. The van der Waals surface area contributed by atoms with E-state index in [2.05, 4.69) is 5.32 Å². The molecule has 5 heteroatoms. The third kappa shape index (κ3) is 1.19. The van der Waals surface area contributed by atoms with Gasteiger partial charge in [0.1, 0.15) is 6.54 Å². The lowest BCUT2D eigenvalue weighted by Gasteiger charge is -2.24. The smallest absolute Gasteiger partial charge is 0.328 e. The maximum Gasteiger partial charge on any atom is 0.328 e. The Bertz CT molecular complexity index is 253. The minimum atomic E-state index is -0.210. The zero-order valence-corrected chi connectivity index (χ0v) is 8.56. The fourth-order valence-corrected chi connectivity index (χ4v) is 2.12. The molecule has 14 heavy (non-hydrogen) atoms. The number of urea groups is 1. The standard InChI is InChI=1S/C9H15N3O2/c1-6(2)12-8(13)7-5-10-3-4-11(7)9(12)14/h6-7,10H,3-5H2,1-2H3/p+1/t7-/m0/s1. The molecule has 0 saturated carbocycles. The van der Waals surface area contributed by atoms with E-state index in [1.54, 1.807) is 4.90 Å². The van der Waals surface area contributed by atoms with Crippen molar-refractivity contribution in [3.63, 3.8) is 0 Å². The molecule has 2 fully saturated rings. The Kier molecular flexibility index (Phi) is 2.19. The van der Waals surface area contributed by atoms with Crippen LogP contribution in [0.3, 0.4) is 0 Å². The number of fused-ring (bicyclic) bond motifs is 1. The second-order valence-electron chi connectivity index (χ2n) is 4.11. The quantitative estimate of drug-likeness (QED) is 0.527. The molecule has 2 aliphatic rings. The molecule has 0 aromatic carbocycles. The molecule has 0 aromatic heterocycles. The van der Waals surface area contributed by atoms with Gasteiger partial charge in [-0.05, 0) is 13.8 Å². The van der Waals surface area contributed by atoms with E-state index < -0.39 is 0 Å². The number of quaternary nitrogens is 1. The Morgan fingerprint density at radius 1 is 1.43 bits per heavy atom. The number of amides is 3. The molecule has 0 spiro atoms. The topological polar surface area (TPSA) is 57.2 Å². The molecule has 2 heterocycles. The monoisotopic (exact) mass is 198 g/mol. The van der Waals surface area contributed by atoms with Crippen LogP contribution in [0, 0.1) is 0 Å². The van der Waals surface area contributed by atoms with Crippen molar-refractivity contribution >= 4 is 11.9 Å². The summed E-state index contributed by atoms with van der Waals surface area (Å²) < 4.78 is 0. The second-order valence-corrected chi connectivity index (χ2v) is 4.11. The first-order chi connectivity index (χ1) is 6.63. The number of piperazine rings is 1. The Morgan fingerprint density at radius 3 is 2.71 bits per heavy atom. The third-order valence-electron chi connectivity index (χ3n) is 2.83. The summed E-state index contributed by atoms with van der Waals surface area (Å²) in [7, 11) is 0. The SMILES string of the molecule is CC(C)N1C(=O)[C@@H]2C[NH2+]CCN2C1=O. The summed E-state index contributed by atoms with van der Waals surface area (Å²) in [5, 5.41) is 2.09. The van der Waals surface area contributed by atoms with Crippen LogP contribution in [0.5, 0.6) is 0 Å². The van der Waals surface area contributed by atoms with Crippen LogP contribution in [0.15, 0.2) is 0 Å². The van der Waals surface area contributed by atoms with Gasteiger partial charge in [-0.15, -0.1) is 0 Å². The molecule has 2 rings (SSSR count). The van der Waals surface area contributed by atoms with Crippen LogP contribution in [-0.2, 0) is 4.79 Å². The van der Waals surface area contributed by atoms with E-state index in [-0.39, 0.29) is 24.0 Å². The normalized spacial score (nSPS) is 27.5. The van der Waals surface area contributed by atoms with E-state index in [4.69, 9.17) is 0 Å². The van der Waals surface area contributed by atoms with Gasteiger partial charge in [-0.3, -0.25) is 9.69 Å². The van der Waals surface area contributed by atoms with Gasteiger partial charge in [0, 0.05) is 6.04 Å². The summed E-state index contributed by atoms with van der Waals surface area (Å²) in [6, 6.07) is -0.345. The fourth-order valence-electron chi connectivity index (χ4n) is 2.12. The number of rotatable bonds is 1. The molecule has 0 radical (unpaired) electrons. The van der Waals surface area contributed by atoms with E-state index in [1.807, 2.05) is 13.8 Å². The largest absolute Gasteiger partial charge is 0.343 e. The van der Waals surface area contributed by atoms with Gasteiger partial charge in [0.15, 0.2) is 6.04 Å². The first kappa shape index (κ1) is 9.45. The van der Waals surface area contributed by atoms with Crippen LogP contribution in [0.1, 0.15) is 13.8 Å². The highest BCUT2D eigenvalue weighted by atomic mass is 16.2. The molecule has 2 saturated heterocycles. The molecule has 0 bridgehead atoms. The Hall–Kier alpha value is -1.10. The molecule has 0 unspecified atom stereocenters. The molecule has 5 nitrogen and oxygen atoms in total. The zero-order valence-electron chi connectivity index (χ0n) is 8.56. The van der Waals surface area contributed by atoms with E-state index in [0.29, 0.717) is 13.1 Å². The van der Waals surface area contributed by atoms with Crippen LogP contribution in [0.4, 0.5) is 4.79 Å². The van der Waals surface area contributed by atoms with E-state index in [0.717, 1.165) is 6.54 Å². The van der Waals surface area contributed by atoms with Crippen molar-refractivity contribution in [2.75, 3.05) is 19.6 Å². The van der Waals surface area contributed by atoms with Gasteiger partial charge in [-0.25, -0.2) is 4.79 Å². The molecule has 78 valence electrons. The van der Waals surface area contributed by atoms with Crippen LogP contribution in [0.25, 0.3) is 0 Å². The van der Waals surface area contributed by atoms with Crippen LogP contribution >= 0.6 is 0 Å². The van der Waals surface area contributed by atoms with Gasteiger partial charge < -0.3 is 10.2 Å². The van der Waals surface area contributed by atoms with E-state index in [9.17, 15) is 9.59 Å². The van der Waals surface area contributed by atoms with Gasteiger partial charge in [-0.1, -0.05) is 0 Å². The number of carbonyl (C=O) groups is 2. The second kappa shape index (κ2) is 3.24. The molecule has 0 aromatic rings. The molecule has 0 aliphatic carbocycles. The van der Waals surface area contributed by atoms with Crippen molar-refractivity contribution in [2.24, 2.45) is 0 Å². The molecule has 2 N–H and O–H groups in total. The summed E-state index contributed by atoms with van der Waals surface area (Å²) in [5.41, 5.74) is 0. The maximum absolute atomic E-state index is 11.8. The van der Waals surface area contributed by atoms with Gasteiger partial charge in [0.05, 0.1) is 13.1 Å². The minimum absolute atomic E-state index is 0.0269. The van der Waals surface area contributed by atoms with E-state index >= 15 is 0 Å². The summed E-state index contributed by atoms with van der Waals surface area (Å²) in [6.45, 7) is 6.06. The molecular formula is C9H16N3O2+. The first-order valence-electron chi connectivity index (χ1n) is 5.08. The van der Waals surface area contributed by atoms with Crippen molar-refractivity contribution in [2.45, 2.75) is 25.9 Å². The van der Waals surface area contributed by atoms with Crippen molar-refractivity contribution in [3.8, 4) is 0 Å². The Morgan fingerprint density at radius 2 is 2.14 bits per heavy atom. The van der Waals surface area contributed by atoms with Crippen molar-refractivity contribution in [1.29, 1.82) is 0 Å². The predicted octanol–water partition coefficient (Wildman–Crippen LogP) is -1.40. The van der Waals surface area contributed by atoms with Gasteiger partial charge in [0.25, 0.3) is 5.91 Å². The number of hydrogen-bond acceptors (Lipinski definition) is 2. The minimum Gasteiger partial charge on any atom is -0.343 e. The van der Waals surface area contributed by atoms with Crippen molar-refractivity contribution in [3.05, 3.63) is 0 Å². The molecular weight excluding hydrogens is 182 g/mol. The molecule has 1 atom stereocenters. The maximum atomic E-state index is 11.8. The van der Waals surface area contributed by atoms with Crippen LogP contribution in [0.2, 0.25) is 0 Å².